The second-order valence-electron chi connectivity index (χ2n) is 5.71. The first-order valence-electron chi connectivity index (χ1n) is 7.65. The maximum atomic E-state index is 13.3. The van der Waals surface area contributed by atoms with Crippen LogP contribution in [0.25, 0.3) is 0 Å². The van der Waals surface area contributed by atoms with E-state index in [2.05, 4.69) is 0 Å². The molecule has 23 heavy (non-hydrogen) atoms. The van der Waals surface area contributed by atoms with Crippen LogP contribution in [-0.4, -0.2) is 17.7 Å². The molecule has 1 N–H and O–H groups in total. The summed E-state index contributed by atoms with van der Waals surface area (Å²) in [6, 6.07) is 11.8. The Balaban J connectivity index is 1.92. The summed E-state index contributed by atoms with van der Waals surface area (Å²) in [7, 11) is 0. The summed E-state index contributed by atoms with van der Waals surface area (Å²) in [5, 5.41) is 9.35. The standard InChI is InChI=1S/C19H21FO3/c1-13-8-9-14(2)18(11-13)23-10-4-7-17(19(21)22)15-5-3-6-16(20)12-15/h3,5-6,8-9,11-12,17H,4,7,10H2,1-2H3,(H,21,22). The van der Waals surface area contributed by atoms with E-state index in [1.807, 2.05) is 32.0 Å². The maximum Gasteiger partial charge on any atom is 0.310 e. The number of hydrogen-bond donors (Lipinski definition) is 1. The Labute approximate surface area is 135 Å². The lowest BCUT2D eigenvalue weighted by atomic mass is 9.94. The summed E-state index contributed by atoms with van der Waals surface area (Å²) in [5.74, 6) is -1.25. The van der Waals surface area contributed by atoms with Crippen LogP contribution in [0.4, 0.5) is 4.39 Å². The van der Waals surface area contributed by atoms with Gasteiger partial charge >= 0.3 is 5.97 Å². The zero-order valence-electron chi connectivity index (χ0n) is 13.4. The van der Waals surface area contributed by atoms with E-state index in [0.717, 1.165) is 16.9 Å². The van der Waals surface area contributed by atoms with Gasteiger partial charge < -0.3 is 9.84 Å². The van der Waals surface area contributed by atoms with Crippen LogP contribution in [0.1, 0.15) is 35.4 Å². The number of carboxylic acids is 1. The van der Waals surface area contributed by atoms with E-state index < -0.39 is 17.7 Å². The molecule has 2 aromatic rings. The van der Waals surface area contributed by atoms with Crippen molar-refractivity contribution in [2.45, 2.75) is 32.6 Å². The monoisotopic (exact) mass is 316 g/mol. The average molecular weight is 316 g/mol. The number of carboxylic acid groups (broad SMARTS) is 1. The number of ether oxygens (including phenoxy) is 1. The van der Waals surface area contributed by atoms with Crippen molar-refractivity contribution >= 4 is 5.97 Å². The van der Waals surface area contributed by atoms with E-state index in [0.29, 0.717) is 25.0 Å². The molecule has 3 nitrogen and oxygen atoms in total. The summed E-state index contributed by atoms with van der Waals surface area (Å²) in [6.45, 7) is 4.40. The lowest BCUT2D eigenvalue weighted by Crippen LogP contribution is -2.13. The first-order valence-corrected chi connectivity index (χ1v) is 7.65. The normalized spacial score (nSPS) is 12.0. The van der Waals surface area contributed by atoms with Crippen molar-refractivity contribution in [2.24, 2.45) is 0 Å². The smallest absolute Gasteiger partial charge is 0.310 e. The van der Waals surface area contributed by atoms with Gasteiger partial charge in [0.2, 0.25) is 0 Å². The first-order chi connectivity index (χ1) is 11.0. The molecule has 0 saturated heterocycles. The molecule has 0 aliphatic carbocycles. The Bertz CT molecular complexity index is 682. The van der Waals surface area contributed by atoms with Gasteiger partial charge in [0.25, 0.3) is 0 Å². The molecule has 0 aliphatic rings. The molecular weight excluding hydrogens is 295 g/mol. The van der Waals surface area contributed by atoms with E-state index >= 15 is 0 Å². The lowest BCUT2D eigenvalue weighted by molar-refractivity contribution is -0.139. The van der Waals surface area contributed by atoms with Crippen LogP contribution in [-0.2, 0) is 4.79 Å². The third-order valence-corrected chi connectivity index (χ3v) is 3.79. The van der Waals surface area contributed by atoms with Crippen molar-refractivity contribution in [3.63, 3.8) is 0 Å². The number of carbonyl (C=O) groups is 1. The largest absolute Gasteiger partial charge is 0.493 e. The zero-order chi connectivity index (χ0) is 16.8. The highest BCUT2D eigenvalue weighted by molar-refractivity contribution is 5.76. The molecule has 0 heterocycles. The van der Waals surface area contributed by atoms with Crippen molar-refractivity contribution in [3.05, 3.63) is 65.0 Å². The van der Waals surface area contributed by atoms with E-state index in [1.54, 1.807) is 6.07 Å². The Morgan fingerprint density at radius 2 is 2.00 bits per heavy atom. The van der Waals surface area contributed by atoms with Crippen LogP contribution >= 0.6 is 0 Å². The van der Waals surface area contributed by atoms with E-state index in [9.17, 15) is 14.3 Å². The summed E-state index contributed by atoms with van der Waals surface area (Å²) in [5.41, 5.74) is 2.66. The molecule has 4 heteroatoms. The Hall–Kier alpha value is -2.36. The summed E-state index contributed by atoms with van der Waals surface area (Å²) in [6.07, 6.45) is 0.991. The molecule has 0 aliphatic heterocycles. The Morgan fingerprint density at radius 3 is 2.70 bits per heavy atom. The van der Waals surface area contributed by atoms with Gasteiger partial charge in [0.1, 0.15) is 11.6 Å². The minimum atomic E-state index is -0.942. The molecule has 0 fully saturated rings. The number of aryl methyl sites for hydroxylation is 2. The molecule has 0 radical (unpaired) electrons. The number of aliphatic carboxylic acids is 1. The van der Waals surface area contributed by atoms with Gasteiger partial charge in [-0.05, 0) is 61.6 Å². The highest BCUT2D eigenvalue weighted by Gasteiger charge is 2.19. The van der Waals surface area contributed by atoms with Crippen molar-refractivity contribution < 1.29 is 19.0 Å². The summed E-state index contributed by atoms with van der Waals surface area (Å²) >= 11 is 0. The Kier molecular flexibility index (Phi) is 5.74. The van der Waals surface area contributed by atoms with E-state index in [4.69, 9.17) is 4.74 Å². The molecule has 0 aromatic heterocycles. The lowest BCUT2D eigenvalue weighted by Gasteiger charge is -2.14. The van der Waals surface area contributed by atoms with Gasteiger partial charge in [-0.25, -0.2) is 4.39 Å². The number of benzene rings is 2. The van der Waals surface area contributed by atoms with Gasteiger partial charge in [0.05, 0.1) is 12.5 Å². The van der Waals surface area contributed by atoms with Crippen molar-refractivity contribution in [2.75, 3.05) is 6.61 Å². The van der Waals surface area contributed by atoms with Gasteiger partial charge in [-0.1, -0.05) is 24.3 Å². The maximum absolute atomic E-state index is 13.3. The van der Waals surface area contributed by atoms with Gasteiger partial charge in [0, 0.05) is 0 Å². The first kappa shape index (κ1) is 17.0. The topological polar surface area (TPSA) is 46.5 Å². The second kappa shape index (κ2) is 7.77. The molecular formula is C19H21FO3. The van der Waals surface area contributed by atoms with Crippen molar-refractivity contribution in [1.29, 1.82) is 0 Å². The van der Waals surface area contributed by atoms with Gasteiger partial charge in [-0.15, -0.1) is 0 Å². The number of halogens is 1. The van der Waals surface area contributed by atoms with Gasteiger partial charge in [-0.2, -0.15) is 0 Å². The van der Waals surface area contributed by atoms with Crippen molar-refractivity contribution in [3.8, 4) is 5.75 Å². The number of rotatable bonds is 7. The third kappa shape index (κ3) is 4.81. The quantitative estimate of drug-likeness (QED) is 0.767. The molecule has 0 amide bonds. The van der Waals surface area contributed by atoms with Crippen LogP contribution < -0.4 is 4.74 Å². The molecule has 2 aromatic carbocycles. The fourth-order valence-electron chi connectivity index (χ4n) is 2.49. The fraction of sp³-hybridized carbons (Fsp3) is 0.316. The fourth-order valence-corrected chi connectivity index (χ4v) is 2.49. The van der Waals surface area contributed by atoms with Crippen molar-refractivity contribution in [1.82, 2.24) is 0 Å². The molecule has 1 atom stereocenters. The summed E-state index contributed by atoms with van der Waals surface area (Å²) < 4.78 is 19.0. The van der Waals surface area contributed by atoms with Gasteiger partial charge in [0.15, 0.2) is 0 Å². The second-order valence-corrected chi connectivity index (χ2v) is 5.71. The minimum absolute atomic E-state index is 0.406. The predicted octanol–water partition coefficient (Wildman–Crippen LogP) is 4.47. The van der Waals surface area contributed by atoms with Crippen LogP contribution in [0.2, 0.25) is 0 Å². The highest BCUT2D eigenvalue weighted by Crippen LogP contribution is 2.24. The third-order valence-electron chi connectivity index (χ3n) is 3.79. The average Bonchev–Trinajstić information content (AvgIpc) is 2.50. The predicted molar refractivity (Wildman–Crippen MR) is 87.4 cm³/mol. The molecule has 2 rings (SSSR count). The molecule has 0 spiro atoms. The van der Waals surface area contributed by atoms with Crippen LogP contribution in [0, 0.1) is 19.7 Å². The minimum Gasteiger partial charge on any atom is -0.493 e. The highest BCUT2D eigenvalue weighted by atomic mass is 19.1. The van der Waals surface area contributed by atoms with E-state index in [-0.39, 0.29) is 0 Å². The van der Waals surface area contributed by atoms with Gasteiger partial charge in [-0.3, -0.25) is 4.79 Å². The number of hydrogen-bond acceptors (Lipinski definition) is 2. The SMILES string of the molecule is Cc1ccc(C)c(OCCCC(C(=O)O)c2cccc(F)c2)c1. The van der Waals surface area contributed by atoms with Crippen LogP contribution in [0.3, 0.4) is 0 Å². The molecule has 1 unspecified atom stereocenters. The zero-order valence-corrected chi connectivity index (χ0v) is 13.4. The van der Waals surface area contributed by atoms with E-state index in [1.165, 1.54) is 18.2 Å². The van der Waals surface area contributed by atoms with Crippen LogP contribution in [0.5, 0.6) is 5.75 Å². The summed E-state index contributed by atoms with van der Waals surface area (Å²) in [4.78, 5) is 11.4. The molecule has 122 valence electrons. The van der Waals surface area contributed by atoms with Crippen LogP contribution in [0.15, 0.2) is 42.5 Å². The molecule has 0 saturated carbocycles. The molecule has 0 bridgehead atoms. The Morgan fingerprint density at radius 1 is 1.22 bits per heavy atom.